The summed E-state index contributed by atoms with van der Waals surface area (Å²) in [6.45, 7) is 2.82. The minimum absolute atomic E-state index is 0.00372. The van der Waals surface area contributed by atoms with Crippen LogP contribution >= 0.6 is 0 Å². The Morgan fingerprint density at radius 3 is 2.29 bits per heavy atom. The van der Waals surface area contributed by atoms with Crippen molar-refractivity contribution >= 4 is 22.3 Å². The topological polar surface area (TPSA) is 69.1 Å². The third-order valence-corrected chi connectivity index (χ3v) is 4.32. The average molecular weight is 449 g/mol. The van der Waals surface area contributed by atoms with Crippen molar-refractivity contribution < 1.29 is 39.5 Å². The van der Waals surface area contributed by atoms with Gasteiger partial charge in [0.15, 0.2) is 0 Å². The van der Waals surface area contributed by atoms with E-state index in [1.807, 2.05) is 0 Å². The number of pyridine rings is 2. The molecular weight excluding hydrogens is 442 g/mol. The molecule has 0 saturated carbocycles. The molecule has 4 heterocycles. The van der Waals surface area contributed by atoms with Crippen LogP contribution in [0.5, 0.6) is 0 Å². The van der Waals surface area contributed by atoms with Crippen molar-refractivity contribution in [1.29, 1.82) is 0 Å². The highest BCUT2D eigenvalue weighted by molar-refractivity contribution is 5.92. The van der Waals surface area contributed by atoms with Crippen molar-refractivity contribution in [1.82, 2.24) is 24.6 Å². The Bertz CT molecular complexity index is 1300. The molecule has 0 atom stereocenters. The molecule has 4 aromatic rings. The van der Waals surface area contributed by atoms with Crippen molar-refractivity contribution in [3.8, 4) is 11.6 Å². The van der Waals surface area contributed by atoms with E-state index in [2.05, 4.69) is 26.7 Å². The van der Waals surface area contributed by atoms with Gasteiger partial charge in [0.25, 0.3) is 5.89 Å². The fraction of sp³-hybridized carbons (Fsp3) is 0.176. The lowest BCUT2D eigenvalue weighted by Crippen LogP contribution is -2.34. The molecule has 14 heteroatoms. The molecule has 0 saturated heterocycles. The van der Waals surface area contributed by atoms with Gasteiger partial charge in [-0.3, -0.25) is 4.40 Å². The van der Waals surface area contributed by atoms with Gasteiger partial charge in [0.05, 0.1) is 5.57 Å². The summed E-state index contributed by atoms with van der Waals surface area (Å²) in [4.78, 5) is 7.38. The van der Waals surface area contributed by atoms with E-state index in [1.54, 1.807) is 0 Å². The third-order valence-electron chi connectivity index (χ3n) is 4.32. The highest BCUT2D eigenvalue weighted by atomic mass is 19.4. The Morgan fingerprint density at radius 1 is 1.00 bits per heavy atom. The molecule has 6 nitrogen and oxygen atoms in total. The maximum atomic E-state index is 14.0. The summed E-state index contributed by atoms with van der Waals surface area (Å²) in [5, 5.41) is 6.64. The van der Waals surface area contributed by atoms with E-state index in [1.165, 1.54) is 6.07 Å². The first-order chi connectivity index (χ1) is 14.3. The average Bonchev–Trinajstić information content (AvgIpc) is 3.34. The lowest BCUT2D eigenvalue weighted by atomic mass is 10.0. The van der Waals surface area contributed by atoms with Crippen LogP contribution in [0.3, 0.4) is 0 Å². The molecule has 4 aromatic heterocycles. The van der Waals surface area contributed by atoms with Gasteiger partial charge in [-0.05, 0) is 23.8 Å². The molecule has 162 valence electrons. The van der Waals surface area contributed by atoms with Crippen molar-refractivity contribution in [2.24, 2.45) is 0 Å². The minimum Gasteiger partial charge on any atom is -0.422 e. The SMILES string of the molecule is C=C(c1cc(C(F)(F)C(F)(F)F)nc2c1ccc1nc(-c3nnco3)cn12)C(F)(F)F. The standard InChI is InChI=1S/C17H7F8N5O/c1-7(16(20,21)22)9-4-11(15(18,19)17(23,24)25)28-13-8(9)2-3-12-27-10(5-30(12)13)14-29-26-6-31-14/h2-6H,1H2. The van der Waals surface area contributed by atoms with Crippen LogP contribution in [-0.2, 0) is 5.92 Å². The zero-order valence-electron chi connectivity index (χ0n) is 14.8. The highest BCUT2D eigenvalue weighted by Crippen LogP contribution is 2.45. The normalized spacial score (nSPS) is 13.3. The van der Waals surface area contributed by atoms with Crippen LogP contribution in [0.2, 0.25) is 0 Å². The van der Waals surface area contributed by atoms with E-state index >= 15 is 0 Å². The van der Waals surface area contributed by atoms with Gasteiger partial charge < -0.3 is 4.42 Å². The van der Waals surface area contributed by atoms with Gasteiger partial charge in [0, 0.05) is 11.6 Å². The lowest BCUT2D eigenvalue weighted by molar-refractivity contribution is -0.290. The number of imidazole rings is 1. The molecule has 0 spiro atoms. The Labute approximate surface area is 165 Å². The van der Waals surface area contributed by atoms with Gasteiger partial charge in [-0.2, -0.15) is 35.1 Å². The van der Waals surface area contributed by atoms with Crippen LogP contribution in [0.4, 0.5) is 35.1 Å². The molecule has 0 bridgehead atoms. The number of allylic oxidation sites excluding steroid dienone is 1. The van der Waals surface area contributed by atoms with Gasteiger partial charge in [0.1, 0.15) is 22.7 Å². The largest absolute Gasteiger partial charge is 0.459 e. The molecule has 0 unspecified atom stereocenters. The fourth-order valence-corrected chi connectivity index (χ4v) is 2.83. The molecule has 0 radical (unpaired) electrons. The minimum atomic E-state index is -6.09. The number of alkyl halides is 8. The molecule has 0 N–H and O–H groups in total. The third kappa shape index (κ3) is 3.27. The summed E-state index contributed by atoms with van der Waals surface area (Å²) >= 11 is 0. The monoisotopic (exact) mass is 449 g/mol. The Morgan fingerprint density at radius 2 is 1.71 bits per heavy atom. The Hall–Kier alpha value is -3.58. The molecule has 0 aliphatic heterocycles. The molecule has 4 rings (SSSR count). The van der Waals surface area contributed by atoms with Gasteiger partial charge in [0.2, 0.25) is 6.39 Å². The number of rotatable bonds is 3. The van der Waals surface area contributed by atoms with Crippen molar-refractivity contribution in [2.45, 2.75) is 18.3 Å². The van der Waals surface area contributed by atoms with Crippen LogP contribution in [-0.4, -0.2) is 36.9 Å². The molecule has 0 aromatic carbocycles. The van der Waals surface area contributed by atoms with Crippen molar-refractivity contribution in [2.75, 3.05) is 0 Å². The van der Waals surface area contributed by atoms with Crippen molar-refractivity contribution in [3.05, 3.63) is 48.6 Å². The van der Waals surface area contributed by atoms with E-state index in [0.717, 1.165) is 23.1 Å². The summed E-state index contributed by atoms with van der Waals surface area (Å²) in [5.74, 6) is -5.64. The number of halogens is 8. The molecule has 0 amide bonds. The smallest absolute Gasteiger partial charge is 0.422 e. The first-order valence-electron chi connectivity index (χ1n) is 8.11. The summed E-state index contributed by atoms with van der Waals surface area (Å²) in [6, 6.07) is 2.32. The molecule has 0 fully saturated rings. The second kappa shape index (κ2) is 6.46. The zero-order valence-corrected chi connectivity index (χ0v) is 14.8. The quantitative estimate of drug-likeness (QED) is 0.404. The predicted molar refractivity (Wildman–Crippen MR) is 88.8 cm³/mol. The second-order valence-electron chi connectivity index (χ2n) is 6.27. The van der Waals surface area contributed by atoms with E-state index in [-0.39, 0.29) is 28.7 Å². The van der Waals surface area contributed by atoms with Gasteiger partial charge >= 0.3 is 18.3 Å². The maximum absolute atomic E-state index is 14.0. The highest BCUT2D eigenvalue weighted by Gasteiger charge is 2.60. The van der Waals surface area contributed by atoms with E-state index in [0.29, 0.717) is 0 Å². The van der Waals surface area contributed by atoms with E-state index in [4.69, 9.17) is 4.42 Å². The second-order valence-corrected chi connectivity index (χ2v) is 6.27. The zero-order chi connectivity index (χ0) is 22.8. The summed E-state index contributed by atoms with van der Waals surface area (Å²) < 4.78 is 112. The van der Waals surface area contributed by atoms with Crippen LogP contribution < -0.4 is 0 Å². The van der Waals surface area contributed by atoms with Gasteiger partial charge in [-0.1, -0.05) is 6.58 Å². The Balaban J connectivity index is 2.08. The molecule has 0 aliphatic rings. The molecule has 0 aliphatic carbocycles. The summed E-state index contributed by atoms with van der Waals surface area (Å²) in [6.07, 6.45) is -9.13. The lowest BCUT2D eigenvalue weighted by Gasteiger charge is -2.21. The van der Waals surface area contributed by atoms with Gasteiger partial charge in [-0.15, -0.1) is 10.2 Å². The van der Waals surface area contributed by atoms with Crippen LogP contribution in [0.25, 0.3) is 33.8 Å². The summed E-state index contributed by atoms with van der Waals surface area (Å²) in [7, 11) is 0. The van der Waals surface area contributed by atoms with Gasteiger partial charge in [-0.25, -0.2) is 9.97 Å². The first kappa shape index (κ1) is 20.7. The van der Waals surface area contributed by atoms with Crippen LogP contribution in [0.1, 0.15) is 11.3 Å². The first-order valence-corrected chi connectivity index (χ1v) is 8.11. The number of nitrogens with zero attached hydrogens (tertiary/aromatic N) is 5. The number of aromatic nitrogens is 5. The number of hydrogen-bond acceptors (Lipinski definition) is 5. The predicted octanol–water partition coefficient (Wildman–Crippen LogP) is 5.16. The fourth-order valence-electron chi connectivity index (χ4n) is 2.83. The van der Waals surface area contributed by atoms with Crippen LogP contribution in [0.15, 0.2) is 41.8 Å². The maximum Gasteiger partial charge on any atom is 0.459 e. The molecular formula is C17H7F8N5O. The van der Waals surface area contributed by atoms with E-state index < -0.39 is 40.8 Å². The number of hydrogen-bond donors (Lipinski definition) is 0. The molecule has 31 heavy (non-hydrogen) atoms. The Kier molecular flexibility index (Phi) is 4.31. The van der Waals surface area contributed by atoms with Crippen molar-refractivity contribution in [3.63, 3.8) is 0 Å². The summed E-state index contributed by atoms with van der Waals surface area (Å²) in [5.41, 5.74) is -5.17. The number of fused-ring (bicyclic) bond motifs is 3. The van der Waals surface area contributed by atoms with E-state index in [9.17, 15) is 35.1 Å². The van der Waals surface area contributed by atoms with Crippen LogP contribution in [0, 0.1) is 0 Å².